The van der Waals surface area contributed by atoms with E-state index in [1.54, 1.807) is 6.92 Å². The lowest BCUT2D eigenvalue weighted by Gasteiger charge is -2.25. The topological polar surface area (TPSA) is 130 Å². The lowest BCUT2D eigenvalue weighted by molar-refractivity contribution is -0.142. The summed E-state index contributed by atoms with van der Waals surface area (Å²) < 4.78 is 13.3. The molecule has 0 aromatic heterocycles. The molecule has 0 aliphatic heterocycles. The first kappa shape index (κ1) is 27.3. The summed E-state index contributed by atoms with van der Waals surface area (Å²) in [4.78, 5) is 35.5. The number of rotatable bonds is 12. The molecular weight excluding hydrogens is 475 g/mol. The molecule has 7 nitrogen and oxygen atoms in total. The Hall–Kier alpha value is -3.25. The Kier molecular flexibility index (Phi) is 9.59. The molecule has 0 heterocycles. The van der Waals surface area contributed by atoms with E-state index in [4.69, 9.17) is 5.73 Å². The number of carboxylic acid groups (broad SMARTS) is 1. The van der Waals surface area contributed by atoms with Crippen molar-refractivity contribution >= 4 is 19.2 Å². The van der Waals surface area contributed by atoms with Crippen LogP contribution in [0.2, 0.25) is 0 Å². The van der Waals surface area contributed by atoms with Gasteiger partial charge in [-0.2, -0.15) is 0 Å². The molecule has 0 radical (unpaired) electrons. The Morgan fingerprint density at radius 2 is 1.39 bits per heavy atom. The minimum absolute atomic E-state index is 0.180. The summed E-state index contributed by atoms with van der Waals surface area (Å²) in [6, 6.07) is 25.6. The number of carbonyl (C=O) groups excluding carboxylic acids is 1. The molecule has 0 saturated heterocycles. The fraction of sp³-hybridized carbons (Fsp3) is 0.286. The third kappa shape index (κ3) is 7.62. The van der Waals surface area contributed by atoms with Crippen LogP contribution in [0.3, 0.4) is 0 Å². The summed E-state index contributed by atoms with van der Waals surface area (Å²) in [5.74, 6) is -3.68. The standard InChI is InChI=1S/C28H33N2O5P/c1-2-25(28(32)33)30-27(31)24(19-36(34,35)26(29)18-20-9-5-3-6-10-20)17-21-13-15-23(16-14-21)22-11-7-4-8-12-22/h3-16,24-26H,2,17-19,29H2,1H3,(H,30,31)(H,32,33)(H,34,35)/t24-,25+,26-/m1/s1. The first-order chi connectivity index (χ1) is 17.2. The lowest BCUT2D eigenvalue weighted by Crippen LogP contribution is -2.45. The number of amides is 1. The van der Waals surface area contributed by atoms with E-state index >= 15 is 0 Å². The van der Waals surface area contributed by atoms with Gasteiger partial charge >= 0.3 is 5.97 Å². The van der Waals surface area contributed by atoms with Crippen molar-refractivity contribution in [1.82, 2.24) is 5.32 Å². The van der Waals surface area contributed by atoms with Gasteiger partial charge in [0.2, 0.25) is 13.3 Å². The number of hydrogen-bond acceptors (Lipinski definition) is 4. The minimum atomic E-state index is -3.96. The Morgan fingerprint density at radius 3 is 1.94 bits per heavy atom. The van der Waals surface area contributed by atoms with E-state index in [0.29, 0.717) is 0 Å². The van der Waals surface area contributed by atoms with E-state index in [1.165, 1.54) is 0 Å². The van der Waals surface area contributed by atoms with Crippen molar-refractivity contribution in [3.05, 3.63) is 96.1 Å². The minimum Gasteiger partial charge on any atom is -0.480 e. The van der Waals surface area contributed by atoms with Crippen LogP contribution in [0, 0.1) is 5.92 Å². The summed E-state index contributed by atoms with van der Waals surface area (Å²) in [5, 5.41) is 11.9. The second kappa shape index (κ2) is 12.6. The van der Waals surface area contributed by atoms with Gasteiger partial charge < -0.3 is 21.1 Å². The summed E-state index contributed by atoms with van der Waals surface area (Å²) in [6.07, 6.45) is 0.230. The molecule has 0 aliphatic carbocycles. The van der Waals surface area contributed by atoms with Gasteiger partial charge in [-0.3, -0.25) is 9.36 Å². The van der Waals surface area contributed by atoms with Crippen LogP contribution in [0.4, 0.5) is 0 Å². The van der Waals surface area contributed by atoms with Crippen molar-refractivity contribution in [1.29, 1.82) is 0 Å². The molecule has 3 aromatic carbocycles. The number of aliphatic carboxylic acids is 1. The summed E-state index contributed by atoms with van der Waals surface area (Å²) in [7, 11) is -3.96. The number of carbonyl (C=O) groups is 2. The maximum atomic E-state index is 13.3. The first-order valence-corrected chi connectivity index (χ1v) is 13.9. The Bertz CT molecular complexity index is 1190. The molecule has 36 heavy (non-hydrogen) atoms. The van der Waals surface area contributed by atoms with E-state index in [2.05, 4.69) is 5.32 Å². The normalized spacial score (nSPS) is 15.3. The highest BCUT2D eigenvalue weighted by Crippen LogP contribution is 2.47. The monoisotopic (exact) mass is 508 g/mol. The molecule has 3 rings (SSSR count). The third-order valence-corrected chi connectivity index (χ3v) is 8.41. The molecule has 3 aromatic rings. The van der Waals surface area contributed by atoms with Crippen LogP contribution in [0.5, 0.6) is 0 Å². The Balaban J connectivity index is 1.80. The van der Waals surface area contributed by atoms with Gasteiger partial charge in [0.1, 0.15) is 6.04 Å². The SMILES string of the molecule is CC[C@H](NC(=O)[C@H](Cc1ccc(-c2ccccc2)cc1)CP(=O)(O)[C@@H](N)Cc1ccccc1)C(=O)O. The first-order valence-electron chi connectivity index (χ1n) is 12.0. The number of nitrogens with one attached hydrogen (secondary N) is 1. The van der Waals surface area contributed by atoms with Crippen molar-refractivity contribution in [2.24, 2.45) is 11.7 Å². The van der Waals surface area contributed by atoms with Gasteiger partial charge in [0.05, 0.1) is 11.7 Å². The second-order valence-corrected chi connectivity index (χ2v) is 11.5. The van der Waals surface area contributed by atoms with Crippen LogP contribution in [0.1, 0.15) is 24.5 Å². The van der Waals surface area contributed by atoms with Crippen LogP contribution >= 0.6 is 7.37 Å². The third-order valence-electron chi connectivity index (χ3n) is 6.22. The highest BCUT2D eigenvalue weighted by Gasteiger charge is 2.35. The zero-order valence-corrected chi connectivity index (χ0v) is 21.2. The zero-order valence-electron chi connectivity index (χ0n) is 20.3. The maximum absolute atomic E-state index is 13.3. The van der Waals surface area contributed by atoms with Crippen molar-refractivity contribution in [2.45, 2.75) is 38.0 Å². The smallest absolute Gasteiger partial charge is 0.326 e. The molecule has 0 bridgehead atoms. The van der Waals surface area contributed by atoms with Crippen molar-refractivity contribution in [3.8, 4) is 11.1 Å². The van der Waals surface area contributed by atoms with Gasteiger partial charge in [0.25, 0.3) is 0 Å². The fourth-order valence-electron chi connectivity index (χ4n) is 4.07. The van der Waals surface area contributed by atoms with Crippen LogP contribution in [0.25, 0.3) is 11.1 Å². The van der Waals surface area contributed by atoms with Gasteiger partial charge in [0.15, 0.2) is 0 Å². The molecule has 1 amide bonds. The number of nitrogens with two attached hydrogens (primary N) is 1. The lowest BCUT2D eigenvalue weighted by atomic mass is 9.97. The molecule has 4 atom stereocenters. The predicted octanol–water partition coefficient (Wildman–Crippen LogP) is 4.29. The van der Waals surface area contributed by atoms with Gasteiger partial charge in [0, 0.05) is 6.16 Å². The van der Waals surface area contributed by atoms with Gasteiger partial charge in [-0.05, 0) is 41.5 Å². The summed E-state index contributed by atoms with van der Waals surface area (Å²) in [5.41, 5.74) is 9.84. The summed E-state index contributed by atoms with van der Waals surface area (Å²) in [6.45, 7) is 1.66. The molecule has 1 unspecified atom stereocenters. The van der Waals surface area contributed by atoms with Gasteiger partial charge in [-0.1, -0.05) is 91.9 Å². The van der Waals surface area contributed by atoms with E-state index in [9.17, 15) is 24.2 Å². The number of benzene rings is 3. The predicted molar refractivity (Wildman–Crippen MR) is 142 cm³/mol. The molecule has 5 N–H and O–H groups in total. The molecular formula is C28H33N2O5P. The largest absolute Gasteiger partial charge is 0.480 e. The average molecular weight is 509 g/mol. The quantitative estimate of drug-likeness (QED) is 0.270. The summed E-state index contributed by atoms with van der Waals surface area (Å²) >= 11 is 0. The zero-order chi connectivity index (χ0) is 26.1. The highest BCUT2D eigenvalue weighted by molar-refractivity contribution is 7.58. The number of hydrogen-bond donors (Lipinski definition) is 4. The molecule has 0 spiro atoms. The van der Waals surface area contributed by atoms with Crippen molar-refractivity contribution < 1.29 is 24.2 Å². The van der Waals surface area contributed by atoms with Gasteiger partial charge in [-0.25, -0.2) is 4.79 Å². The molecule has 0 fully saturated rings. The van der Waals surface area contributed by atoms with Crippen LogP contribution in [0.15, 0.2) is 84.9 Å². The Labute approximate surface area is 211 Å². The molecule has 0 saturated carbocycles. The van der Waals surface area contributed by atoms with E-state index in [1.807, 2.05) is 84.9 Å². The van der Waals surface area contributed by atoms with Crippen molar-refractivity contribution in [2.75, 3.05) is 6.16 Å². The highest BCUT2D eigenvalue weighted by atomic mass is 31.2. The van der Waals surface area contributed by atoms with Crippen LogP contribution < -0.4 is 11.1 Å². The van der Waals surface area contributed by atoms with Crippen LogP contribution in [-0.4, -0.2) is 39.9 Å². The molecule has 0 aliphatic rings. The Morgan fingerprint density at radius 1 is 0.861 bits per heavy atom. The number of carboxylic acids is 1. The van der Waals surface area contributed by atoms with Crippen LogP contribution in [-0.2, 0) is 27.0 Å². The van der Waals surface area contributed by atoms with E-state index in [0.717, 1.165) is 22.3 Å². The average Bonchev–Trinajstić information content (AvgIpc) is 2.88. The second-order valence-electron chi connectivity index (χ2n) is 8.97. The maximum Gasteiger partial charge on any atom is 0.326 e. The van der Waals surface area contributed by atoms with E-state index in [-0.39, 0.29) is 25.4 Å². The molecule has 190 valence electrons. The van der Waals surface area contributed by atoms with Gasteiger partial charge in [-0.15, -0.1) is 0 Å². The van der Waals surface area contributed by atoms with E-state index < -0.39 is 37.0 Å². The van der Waals surface area contributed by atoms with Crippen molar-refractivity contribution in [3.63, 3.8) is 0 Å². The molecule has 8 heteroatoms. The fourth-order valence-corrected chi connectivity index (χ4v) is 5.76.